The Labute approximate surface area is 723 Å². The van der Waals surface area contributed by atoms with Crippen molar-refractivity contribution in [1.82, 2.24) is 0 Å². The summed E-state index contributed by atoms with van der Waals surface area (Å²) in [5.74, 6) is 3.63. The van der Waals surface area contributed by atoms with Crippen LogP contribution in [-0.2, 0) is 21.7 Å². The van der Waals surface area contributed by atoms with Crippen molar-refractivity contribution >= 4 is 141 Å². The first-order chi connectivity index (χ1) is 61.0. The summed E-state index contributed by atoms with van der Waals surface area (Å²) in [6.45, 7) is 9.44. The molecule has 0 radical (unpaired) electrons. The van der Waals surface area contributed by atoms with Gasteiger partial charge in [-0.2, -0.15) is 0 Å². The lowest BCUT2D eigenvalue weighted by atomic mass is 9.66. The second-order valence-corrected chi connectivity index (χ2v) is 37.2. The van der Waals surface area contributed by atoms with Gasteiger partial charge < -0.3 is 28.1 Å². The summed E-state index contributed by atoms with van der Waals surface area (Å²) in [6.07, 6.45) is 0. The molecule has 18 aromatic carbocycles. The average molecular weight is 1620 g/mol. The van der Waals surface area contributed by atoms with Gasteiger partial charge in [-0.15, -0.1) is 22.7 Å². The lowest BCUT2D eigenvalue weighted by Crippen LogP contribution is -2.32. The van der Waals surface area contributed by atoms with Gasteiger partial charge in [0, 0.05) is 118 Å². The molecule has 28 rings (SSSR count). The van der Waals surface area contributed by atoms with Crippen molar-refractivity contribution in [3.05, 3.63) is 443 Å². The first-order valence-electron chi connectivity index (χ1n) is 42.8. The van der Waals surface area contributed by atoms with Crippen molar-refractivity contribution in [2.45, 2.75) is 49.4 Å². The van der Waals surface area contributed by atoms with Crippen LogP contribution >= 0.6 is 22.7 Å². The predicted molar refractivity (Wildman–Crippen MR) is 512 cm³/mol. The summed E-state index contributed by atoms with van der Waals surface area (Å²) >= 11 is 3.76. The van der Waals surface area contributed by atoms with E-state index in [0.29, 0.717) is 0 Å². The number of anilines is 6. The van der Waals surface area contributed by atoms with Crippen molar-refractivity contribution in [2.75, 3.05) is 9.80 Å². The second kappa shape index (κ2) is 25.4. The van der Waals surface area contributed by atoms with Gasteiger partial charge in [0.1, 0.15) is 39.7 Å². The Morgan fingerprint density at radius 1 is 0.226 bits per heavy atom. The fourth-order valence-corrected chi connectivity index (χ4v) is 25.3. The molecule has 8 heteroatoms. The zero-order valence-corrected chi connectivity index (χ0v) is 69.8. The molecular weight excluding hydrogens is 1550 g/mol. The van der Waals surface area contributed by atoms with Crippen LogP contribution in [0.25, 0.3) is 129 Å². The van der Waals surface area contributed by atoms with E-state index >= 15 is 0 Å². The molecule has 124 heavy (non-hydrogen) atoms. The Hall–Kier alpha value is -14.8. The van der Waals surface area contributed by atoms with Gasteiger partial charge in [-0.25, -0.2) is 0 Å². The topological polar surface area (TPSA) is 51.2 Å². The average Bonchev–Trinajstić information content (AvgIpc) is 1.51. The Morgan fingerprint density at radius 3 is 1.17 bits per heavy atom. The first-order valence-corrected chi connectivity index (χ1v) is 44.5. The largest absolute Gasteiger partial charge is 0.457 e. The number of nitrogens with zero attached hydrogens (tertiary/aromatic N) is 2. The molecule has 2 aliphatic heterocycles. The van der Waals surface area contributed by atoms with Gasteiger partial charge in [-0.1, -0.05) is 276 Å². The van der Waals surface area contributed by atoms with E-state index in [0.717, 1.165) is 101 Å². The number of hydrogen-bond acceptors (Lipinski definition) is 8. The van der Waals surface area contributed by atoms with E-state index in [1.54, 1.807) is 0 Å². The smallest absolute Gasteiger partial charge is 0.159 e. The monoisotopic (exact) mass is 1620 g/mol. The van der Waals surface area contributed by atoms with E-state index in [1.165, 1.54) is 152 Å². The van der Waals surface area contributed by atoms with Crippen LogP contribution in [0.5, 0.6) is 23.0 Å². The molecule has 584 valence electrons. The van der Waals surface area contributed by atoms with Crippen molar-refractivity contribution in [1.29, 1.82) is 0 Å². The lowest BCUT2D eigenvalue weighted by molar-refractivity contribution is 0.436. The van der Waals surface area contributed by atoms with E-state index in [4.69, 9.17) is 18.3 Å². The molecule has 0 fully saturated rings. The van der Waals surface area contributed by atoms with Crippen LogP contribution in [0.1, 0.15) is 94.5 Å². The maximum atomic E-state index is 6.84. The highest BCUT2D eigenvalue weighted by molar-refractivity contribution is 7.26. The van der Waals surface area contributed by atoms with Gasteiger partial charge in [-0.05, 0) is 205 Å². The van der Waals surface area contributed by atoms with Gasteiger partial charge in [0.05, 0.1) is 33.6 Å². The molecule has 0 saturated carbocycles. The number of benzene rings is 18. The summed E-state index contributed by atoms with van der Waals surface area (Å²) in [5.41, 5.74) is 34.3. The number of ether oxygens (including phenoxy) is 2. The molecule has 0 saturated heterocycles. The highest BCUT2D eigenvalue weighted by Crippen LogP contribution is 2.67. The highest BCUT2D eigenvalue weighted by atomic mass is 32.1. The van der Waals surface area contributed by atoms with Crippen LogP contribution in [0.15, 0.2) is 385 Å². The van der Waals surface area contributed by atoms with E-state index in [2.05, 4.69) is 408 Å². The molecule has 0 atom stereocenters. The summed E-state index contributed by atoms with van der Waals surface area (Å²) in [4.78, 5) is 4.97. The van der Waals surface area contributed by atoms with Crippen LogP contribution in [-0.4, -0.2) is 0 Å². The molecule has 6 aliphatic rings. The standard InChI is InChI=1S/2C58H37NO2S/c1-57(2)41-18-6-4-17-38(41)55-45(57)22-13-23-47(55)59(34-29-30-37-36-16-5-10-25-49(36)60-52(37)31-34)48-24-14-28-53-56(48)40-32-39-35-15-3-7-19-42(35)58(46(39)33-54(40)62-53)43-20-8-11-26-50(43)61-51-27-12-9-21-44(51)58;1-57(2)42-19-6-3-15-35(42)37-30-29-34(31-46(37)57)59(49-24-13-18-39-38-17-5-10-25-50(38)61-56(39)49)48-23-14-28-53-55(48)41-32-40-36-16-4-7-20-43(36)58(47(40)33-54(41)62-53)44-21-8-11-26-51(44)60-52-27-12-9-22-45(52)58/h2*3-33H,1-2H3. The van der Waals surface area contributed by atoms with Crippen molar-refractivity contribution < 1.29 is 18.3 Å². The summed E-state index contributed by atoms with van der Waals surface area (Å²) in [7, 11) is 0. The maximum absolute atomic E-state index is 6.84. The van der Waals surface area contributed by atoms with Gasteiger partial charge in [0.2, 0.25) is 0 Å². The fourth-order valence-electron chi connectivity index (χ4n) is 23.0. The summed E-state index contributed by atoms with van der Waals surface area (Å²) < 4.78 is 31.8. The zero-order chi connectivity index (χ0) is 81.8. The first kappa shape index (κ1) is 69.9. The molecule has 4 aromatic heterocycles. The minimum absolute atomic E-state index is 0.150. The van der Waals surface area contributed by atoms with Gasteiger partial charge >= 0.3 is 0 Å². The maximum Gasteiger partial charge on any atom is 0.159 e. The molecule has 2 spiro atoms. The van der Waals surface area contributed by atoms with E-state index in [-0.39, 0.29) is 10.8 Å². The molecule has 22 aromatic rings. The quantitative estimate of drug-likeness (QED) is 0.165. The van der Waals surface area contributed by atoms with E-state index in [1.807, 2.05) is 28.7 Å². The molecular formula is C116H74N2O4S2. The molecule has 0 N–H and O–H groups in total. The molecule has 6 nitrogen and oxygen atoms in total. The summed E-state index contributed by atoms with van der Waals surface area (Å²) in [5, 5.41) is 9.45. The lowest BCUT2D eigenvalue weighted by Gasteiger charge is -2.39. The second-order valence-electron chi connectivity index (χ2n) is 35.0. The Kier molecular flexibility index (Phi) is 14.3. The molecule has 0 amide bonds. The Morgan fingerprint density at radius 2 is 0.605 bits per heavy atom. The minimum atomic E-state index is -0.525. The zero-order valence-electron chi connectivity index (χ0n) is 68.1. The fraction of sp³-hybridized carbons (Fsp3) is 0.0690. The molecule has 0 unspecified atom stereocenters. The molecule has 0 bridgehead atoms. The van der Waals surface area contributed by atoms with Gasteiger partial charge in [-0.3, -0.25) is 0 Å². The van der Waals surface area contributed by atoms with Crippen molar-refractivity contribution in [2.24, 2.45) is 0 Å². The van der Waals surface area contributed by atoms with Gasteiger partial charge in [0.15, 0.2) is 5.58 Å². The highest BCUT2D eigenvalue weighted by Gasteiger charge is 2.54. The third-order valence-electron chi connectivity index (χ3n) is 28.3. The van der Waals surface area contributed by atoms with Crippen LogP contribution in [0.4, 0.5) is 34.1 Å². The van der Waals surface area contributed by atoms with Crippen LogP contribution < -0.4 is 19.3 Å². The van der Waals surface area contributed by atoms with Crippen LogP contribution in [0.2, 0.25) is 0 Å². The number of furan rings is 2. The third-order valence-corrected chi connectivity index (χ3v) is 30.5. The van der Waals surface area contributed by atoms with Crippen molar-refractivity contribution in [3.8, 4) is 67.5 Å². The Balaban J connectivity index is 0.000000130. The summed E-state index contributed by atoms with van der Waals surface area (Å²) in [6, 6.07) is 138. The van der Waals surface area contributed by atoms with Crippen molar-refractivity contribution in [3.63, 3.8) is 0 Å². The SMILES string of the molecule is CC1(C)c2ccccc2-c2c(N(c3ccc4c(c3)oc3ccccc34)c3cccc4sc5cc6c(cc5c34)-c3ccccc3C63c4ccccc4Oc4ccccc43)cccc21.CC1(C)c2ccccc2-c2ccc(N(c3cccc4c3oc3ccccc34)c3cccc4sc5cc6c(cc5c34)-c3ccccc3C63c4ccccc4Oc4ccccc43)cc21. The number of rotatable bonds is 6. The number of hydrogen-bond donors (Lipinski definition) is 0. The normalized spacial score (nSPS) is 14.7. The van der Waals surface area contributed by atoms with Gasteiger partial charge in [0.25, 0.3) is 0 Å². The number of fused-ring (bicyclic) bond motifs is 36. The number of para-hydroxylation sites is 7. The third kappa shape index (κ3) is 9.27. The Bertz CT molecular complexity index is 8360. The van der Waals surface area contributed by atoms with Crippen LogP contribution in [0.3, 0.4) is 0 Å². The predicted octanol–water partition coefficient (Wildman–Crippen LogP) is 32.4. The van der Waals surface area contributed by atoms with E-state index < -0.39 is 10.8 Å². The molecule has 6 heterocycles. The molecule has 4 aliphatic carbocycles. The minimum Gasteiger partial charge on any atom is -0.457 e. The van der Waals surface area contributed by atoms with Crippen LogP contribution in [0, 0.1) is 0 Å². The number of thiophene rings is 2. The van der Waals surface area contributed by atoms with E-state index in [9.17, 15) is 0 Å².